The van der Waals surface area contributed by atoms with Crippen molar-refractivity contribution in [2.24, 2.45) is 0 Å². The van der Waals surface area contributed by atoms with Gasteiger partial charge in [-0.1, -0.05) is 0 Å². The maximum Gasteiger partial charge on any atom is 0.406 e. The fourth-order valence-electron chi connectivity index (χ4n) is 1.40. The van der Waals surface area contributed by atoms with E-state index in [4.69, 9.17) is 0 Å². The third kappa shape index (κ3) is 4.27. The summed E-state index contributed by atoms with van der Waals surface area (Å²) in [5, 5.41) is 2.55. The van der Waals surface area contributed by atoms with E-state index in [0.717, 1.165) is 4.57 Å². The molecule has 0 atom stereocenters. The number of hydrogen-bond donors (Lipinski definition) is 1. The SMILES string of the molecule is CCNC(=O)N(C)Cc1nccn1CC(F)(F)F. The lowest BCUT2D eigenvalue weighted by atomic mass is 10.5. The highest BCUT2D eigenvalue weighted by Crippen LogP contribution is 2.18. The molecule has 1 N–H and O–H groups in total. The van der Waals surface area contributed by atoms with Crippen LogP contribution in [0.15, 0.2) is 12.4 Å². The molecule has 1 heterocycles. The number of carbonyl (C=O) groups is 1. The topological polar surface area (TPSA) is 50.2 Å². The van der Waals surface area contributed by atoms with Crippen LogP contribution in [0.1, 0.15) is 12.7 Å². The lowest BCUT2D eigenvalue weighted by Crippen LogP contribution is -2.37. The molecule has 0 fully saturated rings. The number of rotatable bonds is 4. The quantitative estimate of drug-likeness (QED) is 0.898. The molecule has 0 saturated heterocycles. The monoisotopic (exact) mass is 264 g/mol. The summed E-state index contributed by atoms with van der Waals surface area (Å²) in [5.74, 6) is 0.195. The highest BCUT2D eigenvalue weighted by atomic mass is 19.4. The summed E-state index contributed by atoms with van der Waals surface area (Å²) >= 11 is 0. The molecule has 0 bridgehead atoms. The highest BCUT2D eigenvalue weighted by Gasteiger charge is 2.29. The second-order valence-electron chi connectivity index (χ2n) is 3.78. The first-order valence-electron chi connectivity index (χ1n) is 5.39. The van der Waals surface area contributed by atoms with Gasteiger partial charge < -0.3 is 14.8 Å². The Morgan fingerprint density at radius 2 is 2.22 bits per heavy atom. The molecule has 0 spiro atoms. The zero-order valence-electron chi connectivity index (χ0n) is 10.2. The van der Waals surface area contributed by atoms with Crippen LogP contribution in [0.4, 0.5) is 18.0 Å². The third-order valence-corrected chi connectivity index (χ3v) is 2.20. The van der Waals surface area contributed by atoms with Crippen LogP contribution in [-0.4, -0.2) is 40.3 Å². The molecule has 0 aliphatic carbocycles. The minimum Gasteiger partial charge on any atom is -0.338 e. The van der Waals surface area contributed by atoms with Gasteiger partial charge in [0, 0.05) is 26.0 Å². The molecule has 102 valence electrons. The minimum atomic E-state index is -4.31. The fourth-order valence-corrected chi connectivity index (χ4v) is 1.40. The van der Waals surface area contributed by atoms with E-state index >= 15 is 0 Å². The maximum atomic E-state index is 12.3. The van der Waals surface area contributed by atoms with Crippen LogP contribution in [0.3, 0.4) is 0 Å². The maximum absolute atomic E-state index is 12.3. The van der Waals surface area contributed by atoms with Crippen molar-refractivity contribution < 1.29 is 18.0 Å². The average molecular weight is 264 g/mol. The number of urea groups is 1. The number of nitrogens with one attached hydrogen (secondary N) is 1. The van der Waals surface area contributed by atoms with Gasteiger partial charge in [0.1, 0.15) is 12.4 Å². The van der Waals surface area contributed by atoms with Crippen LogP contribution in [0, 0.1) is 0 Å². The molecule has 0 aliphatic rings. The van der Waals surface area contributed by atoms with Crippen molar-refractivity contribution in [3.63, 3.8) is 0 Å². The number of halogens is 3. The molecule has 0 unspecified atom stereocenters. The lowest BCUT2D eigenvalue weighted by molar-refractivity contribution is -0.141. The molecule has 0 aliphatic heterocycles. The highest BCUT2D eigenvalue weighted by molar-refractivity contribution is 5.73. The normalized spacial score (nSPS) is 11.4. The number of hydrogen-bond acceptors (Lipinski definition) is 2. The van der Waals surface area contributed by atoms with Gasteiger partial charge in [0.2, 0.25) is 0 Å². The van der Waals surface area contributed by atoms with E-state index in [1.54, 1.807) is 6.92 Å². The molecular formula is C10H15F3N4O. The molecule has 1 aromatic rings. The third-order valence-electron chi connectivity index (χ3n) is 2.20. The molecule has 0 radical (unpaired) electrons. The summed E-state index contributed by atoms with van der Waals surface area (Å²) in [6.07, 6.45) is -1.78. The number of imidazole rings is 1. The number of alkyl halides is 3. The van der Waals surface area contributed by atoms with Gasteiger partial charge in [0.15, 0.2) is 0 Å². The first-order chi connectivity index (χ1) is 8.33. The van der Waals surface area contributed by atoms with Crippen LogP contribution < -0.4 is 5.32 Å². The molecule has 18 heavy (non-hydrogen) atoms. The van der Waals surface area contributed by atoms with E-state index in [1.807, 2.05) is 0 Å². The molecule has 8 heteroatoms. The predicted molar refractivity (Wildman–Crippen MR) is 58.8 cm³/mol. The van der Waals surface area contributed by atoms with E-state index < -0.39 is 12.7 Å². The van der Waals surface area contributed by atoms with Gasteiger partial charge in [0.05, 0.1) is 6.54 Å². The minimum absolute atomic E-state index is 0.0227. The van der Waals surface area contributed by atoms with Crippen LogP contribution in [0.25, 0.3) is 0 Å². The van der Waals surface area contributed by atoms with E-state index in [-0.39, 0.29) is 18.4 Å². The van der Waals surface area contributed by atoms with Gasteiger partial charge in [-0.15, -0.1) is 0 Å². The van der Waals surface area contributed by atoms with Crippen molar-refractivity contribution in [1.82, 2.24) is 19.8 Å². The Labute approximate surface area is 103 Å². The van der Waals surface area contributed by atoms with Crippen molar-refractivity contribution in [2.45, 2.75) is 26.2 Å². The first-order valence-corrected chi connectivity index (χ1v) is 5.39. The fraction of sp³-hybridized carbons (Fsp3) is 0.600. The number of aromatic nitrogens is 2. The smallest absolute Gasteiger partial charge is 0.338 e. The summed E-state index contributed by atoms with van der Waals surface area (Å²) < 4.78 is 37.8. The Bertz CT molecular complexity index is 402. The van der Waals surface area contributed by atoms with E-state index in [2.05, 4.69) is 10.3 Å². The number of nitrogens with zero attached hydrogens (tertiary/aromatic N) is 3. The molecule has 0 saturated carbocycles. The summed E-state index contributed by atoms with van der Waals surface area (Å²) in [6, 6.07) is -0.348. The summed E-state index contributed by atoms with van der Waals surface area (Å²) in [6.45, 7) is 1.14. The van der Waals surface area contributed by atoms with Gasteiger partial charge in [-0.3, -0.25) is 0 Å². The van der Waals surface area contributed by atoms with Gasteiger partial charge in [0.25, 0.3) is 0 Å². The Hall–Kier alpha value is -1.73. The standard InChI is InChI=1S/C10H15F3N4O/c1-3-14-9(18)16(2)6-8-15-4-5-17(8)7-10(11,12)13/h4-5H,3,6-7H2,1-2H3,(H,14,18). The van der Waals surface area contributed by atoms with E-state index in [1.165, 1.54) is 24.3 Å². The largest absolute Gasteiger partial charge is 0.406 e. The van der Waals surface area contributed by atoms with Crippen LogP contribution in [0.5, 0.6) is 0 Å². The second kappa shape index (κ2) is 5.74. The molecule has 2 amide bonds. The van der Waals surface area contributed by atoms with E-state index in [0.29, 0.717) is 6.54 Å². The van der Waals surface area contributed by atoms with Gasteiger partial charge in [-0.05, 0) is 6.92 Å². The Morgan fingerprint density at radius 3 is 2.78 bits per heavy atom. The lowest BCUT2D eigenvalue weighted by Gasteiger charge is -2.18. The van der Waals surface area contributed by atoms with Crippen molar-refractivity contribution in [2.75, 3.05) is 13.6 Å². The Morgan fingerprint density at radius 1 is 1.56 bits per heavy atom. The Kier molecular flexibility index (Phi) is 4.57. The van der Waals surface area contributed by atoms with Gasteiger partial charge in [-0.2, -0.15) is 13.2 Å². The number of amides is 2. The molecule has 1 rings (SSSR count). The van der Waals surface area contributed by atoms with Crippen LogP contribution in [0.2, 0.25) is 0 Å². The molecule has 1 aromatic heterocycles. The van der Waals surface area contributed by atoms with Gasteiger partial charge >= 0.3 is 12.2 Å². The zero-order valence-corrected chi connectivity index (χ0v) is 10.2. The number of carbonyl (C=O) groups excluding carboxylic acids is 1. The van der Waals surface area contributed by atoms with Crippen molar-refractivity contribution >= 4 is 6.03 Å². The first kappa shape index (κ1) is 14.3. The summed E-state index contributed by atoms with van der Waals surface area (Å²) in [4.78, 5) is 16.5. The molecular weight excluding hydrogens is 249 g/mol. The summed E-state index contributed by atoms with van der Waals surface area (Å²) in [5.41, 5.74) is 0. The second-order valence-corrected chi connectivity index (χ2v) is 3.78. The van der Waals surface area contributed by atoms with Crippen molar-refractivity contribution in [3.05, 3.63) is 18.2 Å². The van der Waals surface area contributed by atoms with Gasteiger partial charge in [-0.25, -0.2) is 9.78 Å². The van der Waals surface area contributed by atoms with Crippen molar-refractivity contribution in [1.29, 1.82) is 0 Å². The molecule has 0 aromatic carbocycles. The molecule has 5 nitrogen and oxygen atoms in total. The zero-order chi connectivity index (χ0) is 13.8. The Balaban J connectivity index is 2.68. The van der Waals surface area contributed by atoms with Crippen LogP contribution >= 0.6 is 0 Å². The van der Waals surface area contributed by atoms with Crippen LogP contribution in [-0.2, 0) is 13.1 Å². The average Bonchev–Trinajstić information content (AvgIpc) is 2.63. The predicted octanol–water partition coefficient (Wildman–Crippen LogP) is 1.61. The van der Waals surface area contributed by atoms with E-state index in [9.17, 15) is 18.0 Å². The summed E-state index contributed by atoms with van der Waals surface area (Å²) in [7, 11) is 1.50. The van der Waals surface area contributed by atoms with Crippen molar-refractivity contribution in [3.8, 4) is 0 Å².